The monoisotopic (exact) mass is 380 g/mol. The number of carbonyl (C=O) groups excluding carboxylic acids is 3. The summed E-state index contributed by atoms with van der Waals surface area (Å²) in [7, 11) is 0. The molecule has 3 rings (SSSR count). The Hall–Kier alpha value is -3.15. The van der Waals surface area contributed by atoms with E-state index < -0.39 is 11.9 Å². The number of carbonyl (C=O) groups is 3. The van der Waals surface area contributed by atoms with Gasteiger partial charge in [0, 0.05) is 18.7 Å². The van der Waals surface area contributed by atoms with Gasteiger partial charge in [-0.3, -0.25) is 14.4 Å². The Morgan fingerprint density at radius 3 is 2.54 bits per heavy atom. The highest BCUT2D eigenvalue weighted by Gasteiger charge is 2.36. The fourth-order valence-electron chi connectivity index (χ4n) is 3.33. The van der Waals surface area contributed by atoms with Gasteiger partial charge in [0.25, 0.3) is 5.91 Å². The minimum Gasteiger partial charge on any atom is -0.455 e. The molecule has 1 saturated heterocycles. The number of nitrogens with one attached hydrogen (secondary N) is 1. The fraction of sp³-hybridized carbons (Fsp3) is 0.318. The second-order valence-corrected chi connectivity index (χ2v) is 7.00. The first-order valence-electron chi connectivity index (χ1n) is 9.32. The molecule has 0 radical (unpaired) electrons. The molecular weight excluding hydrogens is 356 g/mol. The Labute approximate surface area is 164 Å². The van der Waals surface area contributed by atoms with E-state index >= 15 is 0 Å². The van der Waals surface area contributed by atoms with Crippen molar-refractivity contribution in [3.8, 4) is 0 Å². The summed E-state index contributed by atoms with van der Waals surface area (Å²) in [6.45, 7) is 3.70. The molecule has 0 spiro atoms. The number of benzene rings is 2. The van der Waals surface area contributed by atoms with Crippen molar-refractivity contribution in [2.75, 3.05) is 18.1 Å². The maximum absolute atomic E-state index is 12.3. The summed E-state index contributed by atoms with van der Waals surface area (Å²) in [4.78, 5) is 38.3. The van der Waals surface area contributed by atoms with Crippen LogP contribution in [-0.2, 0) is 19.1 Å². The Morgan fingerprint density at radius 2 is 1.82 bits per heavy atom. The highest BCUT2D eigenvalue weighted by molar-refractivity contribution is 6.00. The highest BCUT2D eigenvalue weighted by atomic mass is 16.5. The van der Waals surface area contributed by atoms with Crippen LogP contribution in [0.1, 0.15) is 30.5 Å². The van der Waals surface area contributed by atoms with E-state index in [2.05, 4.69) is 5.32 Å². The zero-order valence-electron chi connectivity index (χ0n) is 16.1. The minimum absolute atomic E-state index is 0.0925. The summed E-state index contributed by atoms with van der Waals surface area (Å²) in [5.74, 6) is -1.57. The Bertz CT molecular complexity index is 866. The predicted molar refractivity (Wildman–Crippen MR) is 106 cm³/mol. The molecule has 1 fully saturated rings. The van der Waals surface area contributed by atoms with E-state index in [0.717, 1.165) is 16.8 Å². The number of rotatable bonds is 6. The second-order valence-electron chi connectivity index (χ2n) is 7.00. The zero-order valence-corrected chi connectivity index (χ0v) is 16.1. The van der Waals surface area contributed by atoms with Gasteiger partial charge in [-0.25, -0.2) is 0 Å². The van der Waals surface area contributed by atoms with Crippen molar-refractivity contribution in [3.05, 3.63) is 65.7 Å². The van der Waals surface area contributed by atoms with E-state index in [9.17, 15) is 14.4 Å². The van der Waals surface area contributed by atoms with Gasteiger partial charge in [0.15, 0.2) is 6.61 Å². The standard InChI is InChI=1S/C22H24N2O4/c1-15-8-6-7-11-19(15)24-13-18(12-21(24)26)22(27)28-14-20(25)23-16(2)17-9-4-3-5-10-17/h3-11,16,18H,12-14H2,1-2H3,(H,23,25)/t16-,18+/m0/s1. The van der Waals surface area contributed by atoms with E-state index in [1.165, 1.54) is 0 Å². The number of hydrogen-bond donors (Lipinski definition) is 1. The van der Waals surface area contributed by atoms with Gasteiger partial charge in [-0.05, 0) is 31.0 Å². The summed E-state index contributed by atoms with van der Waals surface area (Å²) in [5.41, 5.74) is 2.74. The average molecular weight is 380 g/mol. The number of para-hydroxylation sites is 1. The van der Waals surface area contributed by atoms with E-state index in [1.54, 1.807) is 4.90 Å². The number of nitrogens with zero attached hydrogens (tertiary/aromatic N) is 1. The molecule has 0 aromatic heterocycles. The molecule has 1 heterocycles. The van der Waals surface area contributed by atoms with Gasteiger partial charge in [-0.1, -0.05) is 48.5 Å². The molecule has 28 heavy (non-hydrogen) atoms. The van der Waals surface area contributed by atoms with Crippen molar-refractivity contribution in [2.24, 2.45) is 5.92 Å². The molecule has 146 valence electrons. The molecule has 2 atom stereocenters. The molecule has 6 heteroatoms. The topological polar surface area (TPSA) is 75.7 Å². The molecule has 0 aliphatic carbocycles. The van der Waals surface area contributed by atoms with Crippen LogP contribution in [0.5, 0.6) is 0 Å². The molecule has 2 aromatic rings. The lowest BCUT2D eigenvalue weighted by Gasteiger charge is -2.19. The van der Waals surface area contributed by atoms with Gasteiger partial charge in [0.05, 0.1) is 12.0 Å². The zero-order chi connectivity index (χ0) is 20.1. The summed E-state index contributed by atoms with van der Waals surface area (Å²) in [6.07, 6.45) is 0.0925. The molecule has 0 unspecified atom stereocenters. The summed E-state index contributed by atoms with van der Waals surface area (Å²) < 4.78 is 5.16. The Morgan fingerprint density at radius 1 is 1.14 bits per heavy atom. The van der Waals surface area contributed by atoms with Crippen molar-refractivity contribution in [2.45, 2.75) is 26.3 Å². The van der Waals surface area contributed by atoms with Gasteiger partial charge < -0.3 is 15.0 Å². The lowest BCUT2D eigenvalue weighted by atomic mass is 10.1. The molecule has 1 aliphatic heterocycles. The van der Waals surface area contributed by atoms with Crippen LogP contribution in [0, 0.1) is 12.8 Å². The number of amides is 2. The van der Waals surface area contributed by atoms with Gasteiger partial charge in [-0.15, -0.1) is 0 Å². The van der Waals surface area contributed by atoms with Crippen molar-refractivity contribution < 1.29 is 19.1 Å². The quantitative estimate of drug-likeness (QED) is 0.782. The Kier molecular flexibility index (Phi) is 6.09. The van der Waals surface area contributed by atoms with Crippen LogP contribution in [0.3, 0.4) is 0 Å². The van der Waals surface area contributed by atoms with Crippen LogP contribution in [-0.4, -0.2) is 30.9 Å². The molecule has 6 nitrogen and oxygen atoms in total. The fourth-order valence-corrected chi connectivity index (χ4v) is 3.33. The molecule has 2 aromatic carbocycles. The van der Waals surface area contributed by atoms with Crippen LogP contribution < -0.4 is 10.2 Å². The van der Waals surface area contributed by atoms with Crippen molar-refractivity contribution >= 4 is 23.5 Å². The number of anilines is 1. The average Bonchev–Trinajstić information content (AvgIpc) is 3.08. The maximum atomic E-state index is 12.3. The molecule has 1 aliphatic rings. The van der Waals surface area contributed by atoms with Crippen LogP contribution in [0.2, 0.25) is 0 Å². The summed E-state index contributed by atoms with van der Waals surface area (Å²) in [6, 6.07) is 16.9. The van der Waals surface area contributed by atoms with Gasteiger partial charge in [0.2, 0.25) is 5.91 Å². The van der Waals surface area contributed by atoms with E-state index in [4.69, 9.17) is 4.74 Å². The third-order valence-corrected chi connectivity index (χ3v) is 4.89. The molecule has 2 amide bonds. The summed E-state index contributed by atoms with van der Waals surface area (Å²) in [5, 5.41) is 2.80. The molecule has 1 N–H and O–H groups in total. The normalized spacial score (nSPS) is 17.3. The van der Waals surface area contributed by atoms with Gasteiger partial charge in [0.1, 0.15) is 0 Å². The van der Waals surface area contributed by atoms with E-state index in [0.29, 0.717) is 0 Å². The SMILES string of the molecule is Cc1ccccc1N1C[C@H](C(=O)OCC(=O)N[C@@H](C)c2ccccc2)CC1=O. The van der Waals surface area contributed by atoms with Gasteiger partial charge >= 0.3 is 5.97 Å². The minimum atomic E-state index is -0.563. The third kappa shape index (κ3) is 4.57. The largest absolute Gasteiger partial charge is 0.455 e. The van der Waals surface area contributed by atoms with Crippen LogP contribution in [0.4, 0.5) is 5.69 Å². The Balaban J connectivity index is 1.51. The lowest BCUT2D eigenvalue weighted by Crippen LogP contribution is -2.33. The predicted octanol–water partition coefficient (Wildman–Crippen LogP) is 2.77. The number of aryl methyl sites for hydroxylation is 1. The van der Waals surface area contributed by atoms with Crippen LogP contribution in [0.25, 0.3) is 0 Å². The number of ether oxygens (including phenoxy) is 1. The molecular formula is C22H24N2O4. The highest BCUT2D eigenvalue weighted by Crippen LogP contribution is 2.28. The molecule has 0 bridgehead atoms. The molecule has 0 saturated carbocycles. The van der Waals surface area contributed by atoms with Crippen molar-refractivity contribution in [1.82, 2.24) is 5.32 Å². The van der Waals surface area contributed by atoms with Gasteiger partial charge in [-0.2, -0.15) is 0 Å². The lowest BCUT2D eigenvalue weighted by molar-refractivity contribution is -0.152. The van der Waals surface area contributed by atoms with Crippen LogP contribution >= 0.6 is 0 Å². The first-order chi connectivity index (χ1) is 13.5. The first kappa shape index (κ1) is 19.6. The smallest absolute Gasteiger partial charge is 0.311 e. The third-order valence-electron chi connectivity index (χ3n) is 4.89. The first-order valence-corrected chi connectivity index (χ1v) is 9.32. The van der Waals surface area contributed by atoms with Crippen molar-refractivity contribution in [1.29, 1.82) is 0 Å². The van der Waals surface area contributed by atoms with Crippen molar-refractivity contribution in [3.63, 3.8) is 0 Å². The number of esters is 1. The van der Waals surface area contributed by atoms with E-state index in [1.807, 2.05) is 68.4 Å². The van der Waals surface area contributed by atoms with E-state index in [-0.39, 0.29) is 37.4 Å². The maximum Gasteiger partial charge on any atom is 0.311 e. The van der Waals surface area contributed by atoms with Crippen LogP contribution in [0.15, 0.2) is 54.6 Å². The summed E-state index contributed by atoms with van der Waals surface area (Å²) >= 11 is 0. The second kappa shape index (κ2) is 8.69. The number of hydrogen-bond acceptors (Lipinski definition) is 4.